The highest BCUT2D eigenvalue weighted by molar-refractivity contribution is 9.10. The predicted molar refractivity (Wildman–Crippen MR) is 98.1 cm³/mol. The molecule has 2 aromatic carbocycles. The highest BCUT2D eigenvalue weighted by Gasteiger charge is 2.14. The molecule has 2 aromatic heterocycles. The Morgan fingerprint density at radius 3 is 2.54 bits per heavy atom. The van der Waals surface area contributed by atoms with Crippen LogP contribution in [0.1, 0.15) is 0 Å². The number of ether oxygens (including phenoxy) is 1. The average molecular weight is 380 g/mol. The van der Waals surface area contributed by atoms with Crippen molar-refractivity contribution in [3.63, 3.8) is 0 Å². The molecule has 24 heavy (non-hydrogen) atoms. The van der Waals surface area contributed by atoms with E-state index in [1.807, 2.05) is 53.2 Å². The van der Waals surface area contributed by atoms with Crippen molar-refractivity contribution in [1.29, 1.82) is 0 Å². The fraction of sp³-hybridized carbons (Fsp3) is 0.0526. The Bertz CT molecular complexity index is 1010. The second kappa shape index (κ2) is 6.09. The van der Waals surface area contributed by atoms with Gasteiger partial charge in [0.2, 0.25) is 0 Å². The highest BCUT2D eigenvalue weighted by Crippen LogP contribution is 2.32. The summed E-state index contributed by atoms with van der Waals surface area (Å²) in [7, 11) is 1.67. The summed E-state index contributed by atoms with van der Waals surface area (Å²) in [6.07, 6.45) is 3.66. The number of benzene rings is 2. The van der Waals surface area contributed by atoms with Crippen LogP contribution in [0.4, 0.5) is 0 Å². The van der Waals surface area contributed by atoms with E-state index in [1.54, 1.807) is 13.3 Å². The minimum atomic E-state index is 0.811. The van der Waals surface area contributed by atoms with Crippen LogP contribution in [0.25, 0.3) is 28.0 Å². The van der Waals surface area contributed by atoms with Gasteiger partial charge in [-0.15, -0.1) is 0 Å². The summed E-state index contributed by atoms with van der Waals surface area (Å²) in [4.78, 5) is 4.53. The molecule has 5 heteroatoms. The molecule has 0 atom stereocenters. The quantitative estimate of drug-likeness (QED) is 0.511. The zero-order valence-electron chi connectivity index (χ0n) is 13.0. The van der Waals surface area contributed by atoms with Crippen molar-refractivity contribution < 1.29 is 4.74 Å². The van der Waals surface area contributed by atoms with Crippen LogP contribution in [0, 0.1) is 0 Å². The fourth-order valence-electron chi connectivity index (χ4n) is 2.78. The van der Waals surface area contributed by atoms with Crippen LogP contribution < -0.4 is 4.74 Å². The van der Waals surface area contributed by atoms with E-state index in [1.165, 1.54) is 0 Å². The summed E-state index contributed by atoms with van der Waals surface area (Å²) >= 11 is 3.47. The molecule has 2 heterocycles. The second-order valence-corrected chi connectivity index (χ2v) is 6.25. The van der Waals surface area contributed by atoms with Crippen molar-refractivity contribution in [2.45, 2.75) is 0 Å². The number of hydrogen-bond acceptors (Lipinski definition) is 3. The summed E-state index contributed by atoms with van der Waals surface area (Å²) in [6.45, 7) is 0. The molecule has 0 N–H and O–H groups in total. The normalized spacial score (nSPS) is 10.9. The van der Waals surface area contributed by atoms with Gasteiger partial charge >= 0.3 is 0 Å². The van der Waals surface area contributed by atoms with Crippen LogP contribution >= 0.6 is 15.9 Å². The molecule has 0 bridgehead atoms. The lowest BCUT2D eigenvalue weighted by Gasteiger charge is -2.09. The molecule has 0 aliphatic heterocycles. The summed E-state index contributed by atoms with van der Waals surface area (Å²) in [5.74, 6) is 0.811. The Labute approximate surface area is 147 Å². The number of fused-ring (bicyclic) bond motifs is 1. The van der Waals surface area contributed by atoms with Gasteiger partial charge in [0, 0.05) is 21.8 Å². The third kappa shape index (κ3) is 2.47. The molecule has 4 nitrogen and oxygen atoms in total. The molecule has 0 unspecified atom stereocenters. The van der Waals surface area contributed by atoms with Crippen LogP contribution in [0.15, 0.2) is 71.5 Å². The van der Waals surface area contributed by atoms with Gasteiger partial charge in [-0.1, -0.05) is 40.2 Å². The molecule has 118 valence electrons. The molecule has 0 aliphatic rings. The lowest BCUT2D eigenvalue weighted by molar-refractivity contribution is 0.416. The summed E-state index contributed by atoms with van der Waals surface area (Å²) < 4.78 is 8.39. The third-order valence-electron chi connectivity index (χ3n) is 3.94. The molecule has 0 radical (unpaired) electrons. The first-order valence-electron chi connectivity index (χ1n) is 7.50. The molecule has 4 aromatic rings. The van der Waals surface area contributed by atoms with Gasteiger partial charge < -0.3 is 4.74 Å². The van der Waals surface area contributed by atoms with E-state index >= 15 is 0 Å². The first-order chi connectivity index (χ1) is 11.8. The Morgan fingerprint density at radius 1 is 0.958 bits per heavy atom. The maximum Gasteiger partial charge on any atom is 0.163 e. The maximum atomic E-state index is 5.49. The minimum Gasteiger partial charge on any atom is -0.496 e. The summed E-state index contributed by atoms with van der Waals surface area (Å²) in [5.41, 5.74) is 4.83. The van der Waals surface area contributed by atoms with Gasteiger partial charge in [-0.2, -0.15) is 5.10 Å². The zero-order chi connectivity index (χ0) is 16.5. The lowest BCUT2D eigenvalue weighted by atomic mass is 10.1. The van der Waals surface area contributed by atoms with E-state index < -0.39 is 0 Å². The van der Waals surface area contributed by atoms with Crippen molar-refractivity contribution >= 4 is 21.6 Å². The first-order valence-corrected chi connectivity index (χ1v) is 8.29. The second-order valence-electron chi connectivity index (χ2n) is 5.33. The molecule has 0 fully saturated rings. The number of nitrogens with zero attached hydrogens (tertiary/aromatic N) is 3. The van der Waals surface area contributed by atoms with Crippen LogP contribution in [0.2, 0.25) is 0 Å². The molecular formula is C19H14BrN3O. The Hall–Kier alpha value is -2.66. The Balaban J connectivity index is 1.92. The van der Waals surface area contributed by atoms with E-state index in [2.05, 4.69) is 38.1 Å². The van der Waals surface area contributed by atoms with Crippen molar-refractivity contribution in [3.8, 4) is 28.1 Å². The molecule has 4 rings (SSSR count). The van der Waals surface area contributed by atoms with E-state index in [4.69, 9.17) is 4.74 Å². The van der Waals surface area contributed by atoms with Crippen LogP contribution in [-0.2, 0) is 0 Å². The van der Waals surface area contributed by atoms with Crippen LogP contribution in [-0.4, -0.2) is 21.7 Å². The van der Waals surface area contributed by atoms with Crippen LogP contribution in [0.5, 0.6) is 5.75 Å². The molecule has 0 aliphatic carbocycles. The predicted octanol–water partition coefficient (Wildman–Crippen LogP) is 4.83. The molecule has 0 saturated heterocycles. The number of aromatic nitrogens is 3. The SMILES string of the molecule is COc1ccccc1-c1ccnc2c(-c3ccc(Br)cc3)cnn12. The number of rotatable bonds is 3. The number of hydrogen-bond donors (Lipinski definition) is 0. The van der Waals surface area contributed by atoms with Gasteiger partial charge in [0.15, 0.2) is 5.65 Å². The van der Waals surface area contributed by atoms with Gasteiger partial charge in [0.25, 0.3) is 0 Å². The summed E-state index contributed by atoms with van der Waals surface area (Å²) in [5, 5.41) is 4.56. The maximum absolute atomic E-state index is 5.49. The standard InChI is InChI=1S/C19H14BrN3O/c1-24-18-5-3-2-4-15(18)17-10-11-21-19-16(12-22-23(17)19)13-6-8-14(20)9-7-13/h2-12H,1H3. The number of halogens is 1. The van der Waals surface area contributed by atoms with Gasteiger partial charge in [-0.3, -0.25) is 0 Å². The van der Waals surface area contributed by atoms with Crippen molar-refractivity contribution in [1.82, 2.24) is 14.6 Å². The van der Waals surface area contributed by atoms with Gasteiger partial charge in [-0.25, -0.2) is 9.50 Å². The summed E-state index contributed by atoms with van der Waals surface area (Å²) in [6, 6.07) is 18.0. The smallest absolute Gasteiger partial charge is 0.163 e. The fourth-order valence-corrected chi connectivity index (χ4v) is 3.05. The molecular weight excluding hydrogens is 366 g/mol. The van der Waals surface area contributed by atoms with E-state index in [9.17, 15) is 0 Å². The lowest BCUT2D eigenvalue weighted by Crippen LogP contribution is -1.97. The number of methoxy groups -OCH3 is 1. The number of para-hydroxylation sites is 1. The Kier molecular flexibility index (Phi) is 3.78. The average Bonchev–Trinajstić information content (AvgIpc) is 3.06. The van der Waals surface area contributed by atoms with E-state index in [-0.39, 0.29) is 0 Å². The van der Waals surface area contributed by atoms with Gasteiger partial charge in [0.05, 0.1) is 19.0 Å². The van der Waals surface area contributed by atoms with Gasteiger partial charge in [-0.05, 0) is 35.9 Å². The van der Waals surface area contributed by atoms with Crippen molar-refractivity contribution in [3.05, 3.63) is 71.5 Å². The molecule has 0 amide bonds. The largest absolute Gasteiger partial charge is 0.496 e. The first kappa shape index (κ1) is 14.9. The van der Waals surface area contributed by atoms with Gasteiger partial charge in [0.1, 0.15) is 5.75 Å². The molecule has 0 spiro atoms. The monoisotopic (exact) mass is 379 g/mol. The van der Waals surface area contributed by atoms with Crippen LogP contribution in [0.3, 0.4) is 0 Å². The molecule has 0 saturated carbocycles. The topological polar surface area (TPSA) is 39.4 Å². The van der Waals surface area contributed by atoms with Crippen molar-refractivity contribution in [2.24, 2.45) is 0 Å². The highest BCUT2D eigenvalue weighted by atomic mass is 79.9. The van der Waals surface area contributed by atoms with E-state index in [0.29, 0.717) is 0 Å². The van der Waals surface area contributed by atoms with E-state index in [0.717, 1.165) is 38.3 Å². The zero-order valence-corrected chi connectivity index (χ0v) is 14.6. The minimum absolute atomic E-state index is 0.811. The van der Waals surface area contributed by atoms with Crippen molar-refractivity contribution in [2.75, 3.05) is 7.11 Å². The third-order valence-corrected chi connectivity index (χ3v) is 4.47. The Morgan fingerprint density at radius 2 is 1.75 bits per heavy atom.